The highest BCUT2D eigenvalue weighted by Gasteiger charge is 2.48. The van der Waals surface area contributed by atoms with E-state index in [9.17, 15) is 18.9 Å². The normalized spacial score (nSPS) is 19.8. The first-order valence-electron chi connectivity index (χ1n) is 10.6. The molecule has 0 N–H and O–H groups in total. The fraction of sp³-hybridized carbons (Fsp3) is 0.250. The average molecular weight is 470 g/mol. The van der Waals surface area contributed by atoms with Crippen LogP contribution < -0.4 is 0 Å². The number of fused-ring (bicyclic) bond motifs is 1. The number of rotatable bonds is 5. The second-order valence-electron chi connectivity index (χ2n) is 8.56. The molecule has 3 heterocycles. The molecule has 1 aromatic carbocycles. The number of sulfone groups is 1. The first kappa shape index (κ1) is 21.7. The highest BCUT2D eigenvalue weighted by atomic mass is 32.2. The van der Waals surface area contributed by atoms with Gasteiger partial charge in [-0.1, -0.05) is 6.07 Å². The Labute approximate surface area is 196 Å². The molecule has 1 aliphatic rings. The molecule has 0 amide bonds. The third kappa shape index (κ3) is 3.68. The van der Waals surface area contributed by atoms with Crippen LogP contribution in [-0.4, -0.2) is 39.6 Å². The van der Waals surface area contributed by atoms with Gasteiger partial charge >= 0.3 is 0 Å². The van der Waals surface area contributed by atoms with E-state index in [0.717, 1.165) is 28.3 Å². The molecule has 0 radical (unpaired) electrons. The van der Waals surface area contributed by atoms with Gasteiger partial charge < -0.3 is 0 Å². The maximum atomic E-state index is 11.8. The minimum Gasteiger partial charge on any atom is -0.256 e. The molecule has 0 unspecified atom stereocenters. The van der Waals surface area contributed by atoms with Crippen LogP contribution in [0.1, 0.15) is 19.3 Å². The van der Waals surface area contributed by atoms with Crippen LogP contribution >= 0.6 is 0 Å². The highest BCUT2D eigenvalue weighted by molar-refractivity contribution is 7.90. The van der Waals surface area contributed by atoms with Crippen molar-refractivity contribution in [2.75, 3.05) is 6.26 Å². The van der Waals surface area contributed by atoms with Crippen molar-refractivity contribution in [3.63, 3.8) is 0 Å². The number of benzene rings is 1. The van der Waals surface area contributed by atoms with Gasteiger partial charge in [-0.15, -0.1) is 0 Å². The van der Waals surface area contributed by atoms with E-state index in [2.05, 4.69) is 27.2 Å². The van der Waals surface area contributed by atoms with E-state index in [4.69, 9.17) is 5.10 Å². The summed E-state index contributed by atoms with van der Waals surface area (Å²) < 4.78 is 23.6. The molecular weight excluding hydrogens is 450 g/mol. The summed E-state index contributed by atoms with van der Waals surface area (Å²) in [4.78, 5) is 10.6. The van der Waals surface area contributed by atoms with Crippen molar-refractivity contribution in [3.8, 4) is 34.7 Å². The van der Waals surface area contributed by atoms with Gasteiger partial charge in [-0.2, -0.15) is 25.5 Å². The maximum Gasteiger partial charge on any atom is 0.177 e. The number of aromatic nitrogens is 5. The molecule has 0 saturated heterocycles. The van der Waals surface area contributed by atoms with E-state index < -0.39 is 15.4 Å². The fourth-order valence-corrected chi connectivity index (χ4v) is 4.96. The average Bonchev–Trinajstić information content (AvgIpc) is 3.30. The lowest BCUT2D eigenvalue weighted by molar-refractivity contribution is 0.0713. The molecule has 168 valence electrons. The Hall–Kier alpha value is -4.15. The fourth-order valence-electron chi connectivity index (χ4n) is 4.40. The van der Waals surface area contributed by atoms with Crippen molar-refractivity contribution in [2.24, 2.45) is 5.92 Å². The van der Waals surface area contributed by atoms with E-state index >= 15 is 0 Å². The molecule has 1 aliphatic carbocycles. The summed E-state index contributed by atoms with van der Waals surface area (Å²) >= 11 is 0. The van der Waals surface area contributed by atoms with Gasteiger partial charge in [0.15, 0.2) is 9.84 Å². The topological polar surface area (TPSA) is 138 Å². The summed E-state index contributed by atoms with van der Waals surface area (Å²) in [6.07, 6.45) is 7.17. The van der Waals surface area contributed by atoms with E-state index in [0.29, 0.717) is 24.2 Å². The van der Waals surface area contributed by atoms with Crippen LogP contribution in [0.15, 0.2) is 59.9 Å². The molecule has 34 heavy (non-hydrogen) atoms. The van der Waals surface area contributed by atoms with Gasteiger partial charge in [-0.3, -0.25) is 9.97 Å². The van der Waals surface area contributed by atoms with E-state index in [1.807, 2.05) is 24.3 Å². The number of hydrogen-bond acceptors (Lipinski definition) is 8. The molecule has 10 heteroatoms. The van der Waals surface area contributed by atoms with E-state index in [-0.39, 0.29) is 17.2 Å². The van der Waals surface area contributed by atoms with Gasteiger partial charge in [-0.25, -0.2) is 8.42 Å². The zero-order chi connectivity index (χ0) is 23.9. The monoisotopic (exact) mass is 469 g/mol. The summed E-state index contributed by atoms with van der Waals surface area (Å²) in [5.41, 5.74) is 2.94. The molecule has 0 spiro atoms. The Morgan fingerprint density at radius 1 is 1.12 bits per heavy atom. The smallest absolute Gasteiger partial charge is 0.177 e. The largest absolute Gasteiger partial charge is 0.256 e. The molecule has 1 fully saturated rings. The number of nitriles is 2. The van der Waals surface area contributed by atoms with Crippen molar-refractivity contribution in [2.45, 2.75) is 29.7 Å². The van der Waals surface area contributed by atoms with E-state index in [1.54, 1.807) is 23.3 Å². The molecule has 0 bridgehead atoms. The summed E-state index contributed by atoms with van der Waals surface area (Å²) in [7, 11) is -3.35. The number of nitrogens with zero attached hydrogens (tertiary/aromatic N) is 7. The van der Waals surface area contributed by atoms with Crippen LogP contribution in [0.2, 0.25) is 0 Å². The van der Waals surface area contributed by atoms with Gasteiger partial charge in [0.05, 0.1) is 52.3 Å². The zero-order valence-electron chi connectivity index (χ0n) is 18.3. The number of hydrogen-bond donors (Lipinski definition) is 0. The lowest BCUT2D eigenvalue weighted by atomic mass is 9.68. The number of pyridine rings is 2. The Balaban J connectivity index is 1.60. The minimum atomic E-state index is -3.35. The van der Waals surface area contributed by atoms with Gasteiger partial charge in [-0.05, 0) is 43.2 Å². The molecule has 0 atom stereocenters. The SMILES string of the molecule is CS(=O)(=O)c1ccc(-c2cc(-c3cnn(C4(CC#N)CC(C#N)C4)n3)c3cccnc3c2)nc1. The maximum absolute atomic E-state index is 11.8. The summed E-state index contributed by atoms with van der Waals surface area (Å²) in [6, 6.07) is 15.3. The summed E-state index contributed by atoms with van der Waals surface area (Å²) in [6.45, 7) is 0. The molecule has 5 rings (SSSR count). The van der Waals surface area contributed by atoms with E-state index in [1.165, 1.54) is 12.3 Å². The minimum absolute atomic E-state index is 0.0999. The van der Waals surface area contributed by atoms with Gasteiger partial charge in [0.1, 0.15) is 5.69 Å². The van der Waals surface area contributed by atoms with Crippen LogP contribution in [0.25, 0.3) is 33.4 Å². The predicted octanol–water partition coefficient (Wildman–Crippen LogP) is 3.50. The first-order chi connectivity index (χ1) is 16.3. The van der Waals surface area contributed by atoms with Gasteiger partial charge in [0.2, 0.25) is 0 Å². The predicted molar refractivity (Wildman–Crippen MR) is 124 cm³/mol. The van der Waals surface area contributed by atoms with Gasteiger partial charge in [0, 0.05) is 35.2 Å². The zero-order valence-corrected chi connectivity index (χ0v) is 19.1. The standard InChI is InChI=1S/C24H19N7O2S/c1-34(32,33)18-4-5-21(28-14-18)17-9-20(19-3-2-8-27-22(19)10-17)23-15-29-31(30-23)24(6-7-25)11-16(12-24)13-26/h2-5,8-10,14-16H,6,11-12H2,1H3. The highest BCUT2D eigenvalue weighted by Crippen LogP contribution is 2.45. The molecule has 1 saturated carbocycles. The van der Waals surface area contributed by atoms with Crippen molar-refractivity contribution >= 4 is 20.7 Å². The third-order valence-corrected chi connectivity index (χ3v) is 7.31. The molecule has 4 aromatic rings. The van der Waals surface area contributed by atoms with Crippen molar-refractivity contribution < 1.29 is 8.42 Å². The van der Waals surface area contributed by atoms with Crippen LogP contribution in [0, 0.1) is 28.6 Å². The Morgan fingerprint density at radius 2 is 1.94 bits per heavy atom. The van der Waals surface area contributed by atoms with Crippen LogP contribution in [-0.2, 0) is 15.4 Å². The van der Waals surface area contributed by atoms with Crippen LogP contribution in [0.3, 0.4) is 0 Å². The molecule has 9 nitrogen and oxygen atoms in total. The summed E-state index contributed by atoms with van der Waals surface area (Å²) in [5.74, 6) is -0.0999. The Morgan fingerprint density at radius 3 is 2.62 bits per heavy atom. The van der Waals surface area contributed by atoms with Crippen LogP contribution in [0.4, 0.5) is 0 Å². The van der Waals surface area contributed by atoms with Crippen molar-refractivity contribution in [1.29, 1.82) is 10.5 Å². The lowest BCUT2D eigenvalue weighted by Crippen LogP contribution is -2.47. The third-order valence-electron chi connectivity index (χ3n) is 6.22. The lowest BCUT2D eigenvalue weighted by Gasteiger charge is -2.42. The van der Waals surface area contributed by atoms with Crippen molar-refractivity contribution in [1.82, 2.24) is 25.0 Å². The second kappa shape index (κ2) is 8.01. The Bertz CT molecular complexity index is 1590. The molecule has 3 aromatic heterocycles. The first-order valence-corrected chi connectivity index (χ1v) is 12.5. The van der Waals surface area contributed by atoms with Crippen LogP contribution in [0.5, 0.6) is 0 Å². The summed E-state index contributed by atoms with van der Waals surface area (Å²) in [5, 5.41) is 28.6. The quantitative estimate of drug-likeness (QED) is 0.433. The van der Waals surface area contributed by atoms with Gasteiger partial charge in [0.25, 0.3) is 0 Å². The Kier molecular flexibility index (Phi) is 5.11. The molecular formula is C24H19N7O2S. The second-order valence-corrected chi connectivity index (χ2v) is 10.6. The molecule has 0 aliphatic heterocycles. The van der Waals surface area contributed by atoms with Crippen molar-refractivity contribution in [3.05, 3.63) is 55.0 Å².